The number of carbonyl (C=O) groups is 4. The molecule has 0 aliphatic carbocycles. The Bertz CT molecular complexity index is 413. The van der Waals surface area contributed by atoms with Crippen LogP contribution in [0.4, 0.5) is 0 Å². The molecule has 0 fully saturated rings. The summed E-state index contributed by atoms with van der Waals surface area (Å²) in [7, 11) is 0. The second-order valence-corrected chi connectivity index (χ2v) is 5.28. The van der Waals surface area contributed by atoms with Crippen molar-refractivity contribution in [1.29, 1.82) is 0 Å². The van der Waals surface area contributed by atoms with Crippen molar-refractivity contribution in [2.45, 2.75) is 52.2 Å². The number of hydrogen-bond donors (Lipinski definition) is 2. The van der Waals surface area contributed by atoms with E-state index in [2.05, 4.69) is 10.1 Å². The number of ether oxygens (including phenoxy) is 2. The second kappa shape index (κ2) is 8.23. The van der Waals surface area contributed by atoms with Crippen LogP contribution in [0.3, 0.4) is 0 Å². The van der Waals surface area contributed by atoms with Crippen molar-refractivity contribution >= 4 is 23.8 Å². The normalized spacial score (nSPS) is 12.2. The lowest BCUT2D eigenvalue weighted by Gasteiger charge is -2.24. The first kappa shape index (κ1) is 18.9. The summed E-state index contributed by atoms with van der Waals surface area (Å²) >= 11 is 0. The third kappa shape index (κ3) is 8.61. The lowest BCUT2D eigenvalue weighted by atomic mass is 10.1. The van der Waals surface area contributed by atoms with Gasteiger partial charge in [0.1, 0.15) is 11.6 Å². The van der Waals surface area contributed by atoms with Gasteiger partial charge in [-0.3, -0.25) is 9.59 Å². The molecule has 0 aromatic rings. The molecule has 0 aliphatic heterocycles. The van der Waals surface area contributed by atoms with Crippen LogP contribution in [-0.4, -0.2) is 42.0 Å². The first-order valence-corrected chi connectivity index (χ1v) is 6.55. The van der Waals surface area contributed by atoms with Crippen molar-refractivity contribution in [3.05, 3.63) is 0 Å². The minimum atomic E-state index is -1.14. The highest BCUT2D eigenvalue weighted by Crippen LogP contribution is 2.10. The highest BCUT2D eigenvalue weighted by Gasteiger charge is 2.29. The number of esters is 2. The summed E-state index contributed by atoms with van der Waals surface area (Å²) in [6, 6.07) is -1.14. The molecule has 0 saturated carbocycles. The Balaban J connectivity index is 4.80. The van der Waals surface area contributed by atoms with E-state index in [1.54, 1.807) is 27.7 Å². The van der Waals surface area contributed by atoms with Gasteiger partial charge in [0, 0.05) is 6.42 Å². The monoisotopic (exact) mass is 302 g/mol. The highest BCUT2D eigenvalue weighted by molar-refractivity contribution is 6.32. The SMILES string of the molecule is CCOC(=O)C(=O)NC(CCC(N)=O)C(=O)OC(C)(C)C. The van der Waals surface area contributed by atoms with Crippen molar-refractivity contribution in [2.75, 3.05) is 6.61 Å². The van der Waals surface area contributed by atoms with E-state index in [0.29, 0.717) is 0 Å². The molecule has 0 spiro atoms. The number of nitrogens with one attached hydrogen (secondary N) is 1. The molecule has 120 valence electrons. The lowest BCUT2D eigenvalue weighted by molar-refractivity contribution is -0.161. The van der Waals surface area contributed by atoms with Gasteiger partial charge in [-0.25, -0.2) is 9.59 Å². The van der Waals surface area contributed by atoms with E-state index in [1.807, 2.05) is 0 Å². The van der Waals surface area contributed by atoms with Crippen LogP contribution in [-0.2, 0) is 28.7 Å². The third-order valence-corrected chi connectivity index (χ3v) is 2.14. The van der Waals surface area contributed by atoms with Crippen LogP contribution in [0, 0.1) is 0 Å². The molecular formula is C13H22N2O6. The topological polar surface area (TPSA) is 125 Å². The average Bonchev–Trinajstić information content (AvgIpc) is 2.31. The molecule has 0 aromatic heterocycles. The van der Waals surface area contributed by atoms with Crippen molar-refractivity contribution < 1.29 is 28.7 Å². The fourth-order valence-electron chi connectivity index (χ4n) is 1.32. The van der Waals surface area contributed by atoms with Gasteiger partial charge in [-0.1, -0.05) is 0 Å². The fourth-order valence-corrected chi connectivity index (χ4v) is 1.32. The van der Waals surface area contributed by atoms with Gasteiger partial charge in [-0.2, -0.15) is 0 Å². The first-order chi connectivity index (χ1) is 9.56. The standard InChI is InChI=1S/C13H22N2O6/c1-5-20-12(19)10(17)15-8(6-7-9(14)16)11(18)21-13(2,3)4/h8H,5-7H2,1-4H3,(H2,14,16)(H,15,17). The summed E-state index contributed by atoms with van der Waals surface area (Å²) in [6.45, 7) is 6.55. The Hall–Kier alpha value is -2.12. The van der Waals surface area contributed by atoms with Crippen molar-refractivity contribution in [2.24, 2.45) is 5.73 Å². The Labute approximate surface area is 123 Å². The van der Waals surface area contributed by atoms with E-state index in [0.717, 1.165) is 0 Å². The maximum Gasteiger partial charge on any atom is 0.396 e. The van der Waals surface area contributed by atoms with Gasteiger partial charge in [0.15, 0.2) is 0 Å². The van der Waals surface area contributed by atoms with Crippen LogP contribution in [0.2, 0.25) is 0 Å². The minimum absolute atomic E-state index is 0.0324. The van der Waals surface area contributed by atoms with Crippen molar-refractivity contribution in [3.8, 4) is 0 Å². The number of amides is 2. The van der Waals surface area contributed by atoms with E-state index in [-0.39, 0.29) is 19.4 Å². The fraction of sp³-hybridized carbons (Fsp3) is 0.692. The molecule has 8 nitrogen and oxygen atoms in total. The Morgan fingerprint density at radius 3 is 2.19 bits per heavy atom. The summed E-state index contributed by atoms with van der Waals surface area (Å²) in [6.07, 6.45) is -0.192. The smallest absolute Gasteiger partial charge is 0.396 e. The minimum Gasteiger partial charge on any atom is -0.459 e. The average molecular weight is 302 g/mol. The van der Waals surface area contributed by atoms with Crippen LogP contribution in [0.5, 0.6) is 0 Å². The molecule has 0 aromatic carbocycles. The zero-order valence-corrected chi connectivity index (χ0v) is 12.7. The molecule has 0 saturated heterocycles. The van der Waals surface area contributed by atoms with Crippen LogP contribution in [0.25, 0.3) is 0 Å². The molecule has 0 bridgehead atoms. The second-order valence-electron chi connectivity index (χ2n) is 5.28. The van der Waals surface area contributed by atoms with Crippen molar-refractivity contribution in [1.82, 2.24) is 5.32 Å². The van der Waals surface area contributed by atoms with Gasteiger partial charge in [0.05, 0.1) is 6.61 Å². The molecule has 1 atom stereocenters. The number of primary amides is 1. The van der Waals surface area contributed by atoms with Gasteiger partial charge in [0.2, 0.25) is 5.91 Å². The van der Waals surface area contributed by atoms with Crippen LogP contribution in [0.1, 0.15) is 40.5 Å². The lowest BCUT2D eigenvalue weighted by Crippen LogP contribution is -2.47. The predicted octanol–water partition coefficient (Wildman–Crippen LogP) is -0.358. The van der Waals surface area contributed by atoms with Crippen LogP contribution >= 0.6 is 0 Å². The Morgan fingerprint density at radius 2 is 1.76 bits per heavy atom. The van der Waals surface area contributed by atoms with E-state index >= 15 is 0 Å². The largest absolute Gasteiger partial charge is 0.459 e. The summed E-state index contributed by atoms with van der Waals surface area (Å²) in [4.78, 5) is 45.5. The van der Waals surface area contributed by atoms with Gasteiger partial charge in [-0.15, -0.1) is 0 Å². The maximum atomic E-state index is 11.9. The summed E-state index contributed by atoms with van der Waals surface area (Å²) < 4.78 is 9.63. The molecule has 2 amide bonds. The number of nitrogens with two attached hydrogens (primary N) is 1. The van der Waals surface area contributed by atoms with Crippen LogP contribution in [0.15, 0.2) is 0 Å². The molecule has 21 heavy (non-hydrogen) atoms. The van der Waals surface area contributed by atoms with Crippen LogP contribution < -0.4 is 11.1 Å². The van der Waals surface area contributed by atoms with Gasteiger partial charge in [-0.05, 0) is 34.1 Å². The third-order valence-electron chi connectivity index (χ3n) is 2.14. The van der Waals surface area contributed by atoms with E-state index < -0.39 is 35.4 Å². The number of rotatable bonds is 6. The molecule has 1 unspecified atom stereocenters. The molecule has 0 heterocycles. The van der Waals surface area contributed by atoms with Gasteiger partial charge < -0.3 is 20.5 Å². The molecule has 3 N–H and O–H groups in total. The molecule has 0 aliphatic rings. The number of hydrogen-bond acceptors (Lipinski definition) is 6. The molecule has 8 heteroatoms. The summed E-state index contributed by atoms with van der Waals surface area (Å²) in [5.41, 5.74) is 4.24. The van der Waals surface area contributed by atoms with E-state index in [1.165, 1.54) is 0 Å². The zero-order chi connectivity index (χ0) is 16.6. The quantitative estimate of drug-likeness (QED) is 0.510. The van der Waals surface area contributed by atoms with Crippen molar-refractivity contribution in [3.63, 3.8) is 0 Å². The summed E-state index contributed by atoms with van der Waals surface area (Å²) in [5, 5.41) is 2.18. The molecule has 0 rings (SSSR count). The molecule has 0 radical (unpaired) electrons. The van der Waals surface area contributed by atoms with Gasteiger partial charge in [0.25, 0.3) is 0 Å². The zero-order valence-electron chi connectivity index (χ0n) is 12.7. The maximum absolute atomic E-state index is 11.9. The highest BCUT2D eigenvalue weighted by atomic mass is 16.6. The van der Waals surface area contributed by atoms with Gasteiger partial charge >= 0.3 is 17.8 Å². The number of carbonyl (C=O) groups excluding carboxylic acids is 4. The first-order valence-electron chi connectivity index (χ1n) is 6.55. The molecular weight excluding hydrogens is 280 g/mol. The Morgan fingerprint density at radius 1 is 1.19 bits per heavy atom. The summed E-state index contributed by atoms with van der Waals surface area (Å²) in [5.74, 6) is -3.56. The predicted molar refractivity (Wildman–Crippen MR) is 72.8 cm³/mol. The van der Waals surface area contributed by atoms with E-state index in [9.17, 15) is 19.2 Å². The van der Waals surface area contributed by atoms with E-state index in [4.69, 9.17) is 10.5 Å². The Kier molecular flexibility index (Phi) is 7.40.